The molecule has 1 aliphatic heterocycles. The van der Waals surface area contributed by atoms with Crippen molar-refractivity contribution in [3.63, 3.8) is 0 Å². The Labute approximate surface area is 136 Å². The summed E-state index contributed by atoms with van der Waals surface area (Å²) in [5, 5.41) is 19.4. The molecule has 2 aromatic rings. The van der Waals surface area contributed by atoms with E-state index in [0.717, 1.165) is 29.7 Å². The van der Waals surface area contributed by atoms with Gasteiger partial charge in [0.2, 0.25) is 0 Å². The van der Waals surface area contributed by atoms with E-state index < -0.39 is 0 Å². The summed E-state index contributed by atoms with van der Waals surface area (Å²) in [5.41, 5.74) is 2.27. The highest BCUT2D eigenvalue weighted by atomic mass is 16.5. The summed E-state index contributed by atoms with van der Waals surface area (Å²) in [5.74, 6) is 3.06. The lowest BCUT2D eigenvalue weighted by atomic mass is 9.80. The largest absolute Gasteiger partial charge is 0.508 e. The van der Waals surface area contributed by atoms with Crippen LogP contribution in [0.25, 0.3) is 0 Å². The highest BCUT2D eigenvalue weighted by Gasteiger charge is 2.45. The molecule has 0 amide bonds. The lowest BCUT2D eigenvalue weighted by Gasteiger charge is -2.36. The second kappa shape index (κ2) is 5.48. The van der Waals surface area contributed by atoms with Gasteiger partial charge in [-0.15, -0.1) is 0 Å². The van der Waals surface area contributed by atoms with E-state index in [9.17, 15) is 10.2 Å². The number of fused-ring (bicyclic) bond motifs is 3. The van der Waals surface area contributed by atoms with E-state index in [-0.39, 0.29) is 11.9 Å². The summed E-state index contributed by atoms with van der Waals surface area (Å²) >= 11 is 0. The normalized spacial score (nSPS) is 28.7. The van der Waals surface area contributed by atoms with Crippen molar-refractivity contribution in [2.75, 3.05) is 0 Å². The first-order valence-corrected chi connectivity index (χ1v) is 8.44. The van der Waals surface area contributed by atoms with Crippen molar-refractivity contribution in [2.24, 2.45) is 11.8 Å². The molecule has 4 atom stereocenters. The van der Waals surface area contributed by atoms with Crippen molar-refractivity contribution in [3.05, 3.63) is 53.6 Å². The average molecular weight is 310 g/mol. The minimum atomic E-state index is 0.0224. The fourth-order valence-corrected chi connectivity index (χ4v) is 4.34. The minimum absolute atomic E-state index is 0.0224. The van der Waals surface area contributed by atoms with Gasteiger partial charge in [-0.25, -0.2) is 0 Å². The third-order valence-corrected chi connectivity index (χ3v) is 5.54. The van der Waals surface area contributed by atoms with Gasteiger partial charge in [-0.2, -0.15) is 0 Å². The van der Waals surface area contributed by atoms with Crippen LogP contribution in [0.3, 0.4) is 0 Å². The summed E-state index contributed by atoms with van der Waals surface area (Å²) in [7, 11) is 0. The van der Waals surface area contributed by atoms with Gasteiger partial charge in [-0.05, 0) is 60.6 Å². The van der Waals surface area contributed by atoms with Gasteiger partial charge in [-0.1, -0.05) is 25.5 Å². The van der Waals surface area contributed by atoms with Gasteiger partial charge in [0.25, 0.3) is 0 Å². The third-order valence-electron chi connectivity index (χ3n) is 5.54. The fourth-order valence-electron chi connectivity index (χ4n) is 4.34. The molecule has 23 heavy (non-hydrogen) atoms. The van der Waals surface area contributed by atoms with Crippen LogP contribution in [-0.4, -0.2) is 10.2 Å². The highest BCUT2D eigenvalue weighted by molar-refractivity contribution is 5.46. The van der Waals surface area contributed by atoms with Gasteiger partial charge in [0, 0.05) is 11.5 Å². The van der Waals surface area contributed by atoms with Crippen LogP contribution in [-0.2, 0) is 0 Å². The molecule has 1 saturated carbocycles. The molecule has 3 heteroatoms. The summed E-state index contributed by atoms with van der Waals surface area (Å²) in [6.45, 7) is 2.25. The van der Waals surface area contributed by atoms with Crippen molar-refractivity contribution >= 4 is 0 Å². The standard InChI is InChI=1S/C20H22O3/c1-2-12-9-16-17-11-15(22)7-8-19(17)23-20(18(16)10-12)13-3-5-14(21)6-4-13/h3-8,11-12,16,18,20-22H,2,9-10H2,1H3/t12?,16-,18?,20?/m1/s1. The molecule has 1 aliphatic carbocycles. The molecule has 1 heterocycles. The molecular formula is C20H22O3. The van der Waals surface area contributed by atoms with Crippen LogP contribution in [0, 0.1) is 11.8 Å². The Morgan fingerprint density at radius 1 is 1.00 bits per heavy atom. The van der Waals surface area contributed by atoms with Crippen molar-refractivity contribution in [2.45, 2.75) is 38.2 Å². The fraction of sp³-hybridized carbons (Fsp3) is 0.400. The maximum Gasteiger partial charge on any atom is 0.127 e. The molecule has 3 nitrogen and oxygen atoms in total. The van der Waals surface area contributed by atoms with Crippen molar-refractivity contribution in [3.8, 4) is 17.2 Å². The second-order valence-corrected chi connectivity index (χ2v) is 6.87. The van der Waals surface area contributed by atoms with Crippen LogP contribution in [0.1, 0.15) is 49.3 Å². The summed E-state index contributed by atoms with van der Waals surface area (Å²) in [4.78, 5) is 0. The van der Waals surface area contributed by atoms with E-state index in [1.807, 2.05) is 24.3 Å². The monoisotopic (exact) mass is 310 g/mol. The third kappa shape index (κ3) is 2.44. The maximum absolute atomic E-state index is 9.86. The predicted octanol–water partition coefficient (Wildman–Crippen LogP) is 4.75. The number of ether oxygens (including phenoxy) is 1. The van der Waals surface area contributed by atoms with Crippen molar-refractivity contribution < 1.29 is 14.9 Å². The molecule has 3 unspecified atom stereocenters. The predicted molar refractivity (Wildman–Crippen MR) is 88.8 cm³/mol. The Kier molecular flexibility index (Phi) is 3.44. The topological polar surface area (TPSA) is 49.7 Å². The molecule has 2 aromatic carbocycles. The van der Waals surface area contributed by atoms with E-state index in [4.69, 9.17) is 4.74 Å². The van der Waals surface area contributed by atoms with Crippen LogP contribution in [0.15, 0.2) is 42.5 Å². The Morgan fingerprint density at radius 2 is 1.74 bits per heavy atom. The van der Waals surface area contributed by atoms with Crippen LogP contribution in [0.2, 0.25) is 0 Å². The second-order valence-electron chi connectivity index (χ2n) is 6.87. The smallest absolute Gasteiger partial charge is 0.127 e. The molecular weight excluding hydrogens is 288 g/mol. The SMILES string of the molecule is CCC1CC2C(c3ccc(O)cc3)Oc3ccc(O)cc3[C@H]2C1. The van der Waals surface area contributed by atoms with Crippen LogP contribution in [0.5, 0.6) is 17.2 Å². The zero-order chi connectivity index (χ0) is 16.0. The van der Waals surface area contributed by atoms with Gasteiger partial charge in [-0.3, -0.25) is 0 Å². The number of phenolic OH excluding ortho intramolecular Hbond substituents is 2. The molecule has 0 bridgehead atoms. The summed E-state index contributed by atoms with van der Waals surface area (Å²) < 4.78 is 6.33. The van der Waals surface area contributed by atoms with Crippen molar-refractivity contribution in [1.29, 1.82) is 0 Å². The van der Waals surface area contributed by atoms with Crippen LogP contribution >= 0.6 is 0 Å². The molecule has 0 radical (unpaired) electrons. The average Bonchev–Trinajstić information content (AvgIpc) is 3.00. The molecule has 120 valence electrons. The zero-order valence-electron chi connectivity index (χ0n) is 13.3. The molecule has 1 fully saturated rings. The van der Waals surface area contributed by atoms with E-state index in [1.165, 1.54) is 6.42 Å². The highest BCUT2D eigenvalue weighted by Crippen LogP contribution is 2.56. The first-order chi connectivity index (χ1) is 11.2. The molecule has 0 aromatic heterocycles. The number of phenols is 2. The van der Waals surface area contributed by atoms with Crippen LogP contribution < -0.4 is 4.74 Å². The Morgan fingerprint density at radius 3 is 2.48 bits per heavy atom. The lowest BCUT2D eigenvalue weighted by molar-refractivity contribution is 0.103. The van der Waals surface area contributed by atoms with E-state index in [1.54, 1.807) is 18.2 Å². The number of hydrogen-bond acceptors (Lipinski definition) is 3. The zero-order valence-corrected chi connectivity index (χ0v) is 13.3. The van der Waals surface area contributed by atoms with E-state index in [0.29, 0.717) is 23.5 Å². The number of aromatic hydroxyl groups is 2. The number of benzene rings is 2. The summed E-state index contributed by atoms with van der Waals surface area (Å²) in [6, 6.07) is 12.8. The first-order valence-electron chi connectivity index (χ1n) is 8.44. The Balaban J connectivity index is 1.76. The quantitative estimate of drug-likeness (QED) is 0.841. The van der Waals surface area contributed by atoms with Crippen molar-refractivity contribution in [1.82, 2.24) is 0 Å². The molecule has 2 N–H and O–H groups in total. The van der Waals surface area contributed by atoms with Gasteiger partial charge < -0.3 is 14.9 Å². The molecule has 2 aliphatic rings. The van der Waals surface area contributed by atoms with Gasteiger partial charge >= 0.3 is 0 Å². The molecule has 4 rings (SSSR count). The lowest BCUT2D eigenvalue weighted by Crippen LogP contribution is -2.26. The minimum Gasteiger partial charge on any atom is -0.508 e. The number of rotatable bonds is 2. The number of hydrogen-bond donors (Lipinski definition) is 2. The molecule has 0 saturated heterocycles. The van der Waals surface area contributed by atoms with Gasteiger partial charge in [0.1, 0.15) is 23.4 Å². The first kappa shape index (κ1) is 14.4. The Hall–Kier alpha value is -2.16. The van der Waals surface area contributed by atoms with Crippen LogP contribution in [0.4, 0.5) is 0 Å². The van der Waals surface area contributed by atoms with E-state index >= 15 is 0 Å². The van der Waals surface area contributed by atoms with Gasteiger partial charge in [0.05, 0.1) is 0 Å². The van der Waals surface area contributed by atoms with E-state index in [2.05, 4.69) is 6.92 Å². The van der Waals surface area contributed by atoms with Gasteiger partial charge in [0.15, 0.2) is 0 Å². The molecule has 0 spiro atoms. The summed E-state index contributed by atoms with van der Waals surface area (Å²) in [6.07, 6.45) is 3.52. The Bertz CT molecular complexity index is 707. The maximum atomic E-state index is 9.86.